The molecule has 0 saturated carbocycles. The highest BCUT2D eigenvalue weighted by Crippen LogP contribution is 2.43. The van der Waals surface area contributed by atoms with E-state index in [1.165, 1.54) is 0 Å². The minimum absolute atomic E-state index is 0.0870. The lowest BCUT2D eigenvalue weighted by Crippen LogP contribution is -2.49. The van der Waals surface area contributed by atoms with Crippen LogP contribution in [-0.4, -0.2) is 47.8 Å². The SMILES string of the molecule is CCOC(=O)[C@]1(c2ccccc2)C(=O)N[C@H](CO)[C@H]1CC(=O)OC(C)(C)C. The third kappa shape index (κ3) is 4.13. The minimum Gasteiger partial charge on any atom is -0.465 e. The van der Waals surface area contributed by atoms with E-state index < -0.39 is 47.4 Å². The van der Waals surface area contributed by atoms with Gasteiger partial charge in [-0.2, -0.15) is 0 Å². The van der Waals surface area contributed by atoms with Crippen LogP contribution in [0.15, 0.2) is 30.3 Å². The molecule has 1 saturated heterocycles. The van der Waals surface area contributed by atoms with Crippen LogP contribution in [0.1, 0.15) is 39.7 Å². The van der Waals surface area contributed by atoms with E-state index in [2.05, 4.69) is 5.32 Å². The van der Waals surface area contributed by atoms with Crippen molar-refractivity contribution in [2.75, 3.05) is 13.2 Å². The number of aliphatic hydroxyl groups is 1. The summed E-state index contributed by atoms with van der Waals surface area (Å²) in [4.78, 5) is 38.5. The van der Waals surface area contributed by atoms with E-state index in [4.69, 9.17) is 9.47 Å². The molecule has 7 nitrogen and oxygen atoms in total. The highest BCUT2D eigenvalue weighted by Gasteiger charge is 2.62. The molecule has 0 unspecified atom stereocenters. The van der Waals surface area contributed by atoms with Crippen molar-refractivity contribution in [1.82, 2.24) is 5.32 Å². The van der Waals surface area contributed by atoms with Gasteiger partial charge in [0, 0.05) is 5.92 Å². The van der Waals surface area contributed by atoms with E-state index >= 15 is 0 Å². The quantitative estimate of drug-likeness (QED) is 0.573. The summed E-state index contributed by atoms with van der Waals surface area (Å²) in [5.74, 6) is -2.71. The van der Waals surface area contributed by atoms with Gasteiger partial charge in [-0.15, -0.1) is 0 Å². The van der Waals surface area contributed by atoms with Crippen LogP contribution in [0.4, 0.5) is 0 Å². The van der Waals surface area contributed by atoms with Crippen LogP contribution in [0.2, 0.25) is 0 Å². The molecule has 1 aromatic rings. The van der Waals surface area contributed by atoms with Gasteiger partial charge in [0.2, 0.25) is 5.91 Å². The number of aliphatic hydroxyl groups excluding tert-OH is 1. The molecule has 0 bridgehead atoms. The standard InChI is InChI=1S/C20H27NO6/c1-5-26-18(25)20(13-9-7-6-8-10-13)14(15(12-22)21-17(20)24)11-16(23)27-19(2,3)4/h6-10,14-15,22H,5,11-12H2,1-4H3,(H,21,24)/t14-,15-,20+/m1/s1. The Labute approximate surface area is 159 Å². The Morgan fingerprint density at radius 1 is 1.22 bits per heavy atom. The Bertz CT molecular complexity index is 696. The van der Waals surface area contributed by atoms with Crippen molar-refractivity contribution >= 4 is 17.8 Å². The predicted octanol–water partition coefficient (Wildman–Crippen LogP) is 1.33. The first-order valence-electron chi connectivity index (χ1n) is 9.03. The summed E-state index contributed by atoms with van der Waals surface area (Å²) in [6.07, 6.45) is -0.213. The third-order valence-corrected chi connectivity index (χ3v) is 4.55. The number of carbonyl (C=O) groups excluding carboxylic acids is 3. The molecule has 27 heavy (non-hydrogen) atoms. The van der Waals surface area contributed by atoms with Gasteiger partial charge in [0.25, 0.3) is 0 Å². The zero-order valence-corrected chi connectivity index (χ0v) is 16.2. The molecule has 0 aromatic heterocycles. The lowest BCUT2D eigenvalue weighted by Gasteiger charge is -2.32. The largest absolute Gasteiger partial charge is 0.465 e. The van der Waals surface area contributed by atoms with E-state index in [1.54, 1.807) is 58.0 Å². The fourth-order valence-corrected chi connectivity index (χ4v) is 3.54. The second-order valence-corrected chi connectivity index (χ2v) is 7.55. The molecule has 0 aliphatic carbocycles. The molecule has 148 valence electrons. The summed E-state index contributed by atoms with van der Waals surface area (Å²) in [5.41, 5.74) is -2.01. The van der Waals surface area contributed by atoms with Gasteiger partial charge >= 0.3 is 11.9 Å². The summed E-state index contributed by atoms with van der Waals surface area (Å²) in [5, 5.41) is 12.4. The van der Waals surface area contributed by atoms with Gasteiger partial charge in [0.1, 0.15) is 5.60 Å². The van der Waals surface area contributed by atoms with Crippen LogP contribution in [0.25, 0.3) is 0 Å². The van der Waals surface area contributed by atoms with Gasteiger partial charge in [0.15, 0.2) is 5.41 Å². The summed E-state index contributed by atoms with van der Waals surface area (Å²) in [6.45, 7) is 6.54. The first-order chi connectivity index (χ1) is 12.7. The monoisotopic (exact) mass is 377 g/mol. The molecule has 3 atom stereocenters. The molecule has 2 rings (SSSR count). The Morgan fingerprint density at radius 2 is 1.85 bits per heavy atom. The molecule has 1 amide bonds. The maximum absolute atomic E-state index is 13.0. The molecule has 0 spiro atoms. The maximum atomic E-state index is 13.0. The second-order valence-electron chi connectivity index (χ2n) is 7.55. The van der Waals surface area contributed by atoms with E-state index in [-0.39, 0.29) is 13.0 Å². The number of ether oxygens (including phenoxy) is 2. The fourth-order valence-electron chi connectivity index (χ4n) is 3.54. The molecular weight excluding hydrogens is 350 g/mol. The lowest BCUT2D eigenvalue weighted by atomic mass is 9.68. The Kier molecular flexibility index (Phi) is 6.26. The fraction of sp³-hybridized carbons (Fsp3) is 0.550. The normalized spacial score (nSPS) is 25.0. The van der Waals surface area contributed by atoms with Crippen LogP contribution < -0.4 is 5.32 Å². The van der Waals surface area contributed by atoms with Gasteiger partial charge in [-0.25, -0.2) is 0 Å². The first kappa shape index (κ1) is 20.9. The van der Waals surface area contributed by atoms with Crippen molar-refractivity contribution in [3.8, 4) is 0 Å². The third-order valence-electron chi connectivity index (χ3n) is 4.55. The second kappa shape index (κ2) is 8.08. The predicted molar refractivity (Wildman–Crippen MR) is 97.7 cm³/mol. The van der Waals surface area contributed by atoms with Crippen LogP contribution in [0.3, 0.4) is 0 Å². The topological polar surface area (TPSA) is 102 Å². The Hall–Kier alpha value is -2.41. The van der Waals surface area contributed by atoms with E-state index in [9.17, 15) is 19.5 Å². The minimum atomic E-state index is -1.72. The van der Waals surface area contributed by atoms with Crippen LogP contribution in [-0.2, 0) is 29.3 Å². The average molecular weight is 377 g/mol. The van der Waals surface area contributed by atoms with Gasteiger partial charge in [-0.3, -0.25) is 14.4 Å². The zero-order valence-electron chi connectivity index (χ0n) is 16.2. The van der Waals surface area contributed by atoms with Crippen LogP contribution >= 0.6 is 0 Å². The van der Waals surface area contributed by atoms with Crippen molar-refractivity contribution in [2.45, 2.75) is 51.2 Å². The van der Waals surface area contributed by atoms with E-state index in [1.807, 2.05) is 0 Å². The van der Waals surface area contributed by atoms with Gasteiger partial charge < -0.3 is 19.9 Å². The first-order valence-corrected chi connectivity index (χ1v) is 9.03. The molecule has 1 heterocycles. The summed E-state index contributed by atoms with van der Waals surface area (Å²) in [6, 6.07) is 7.72. The van der Waals surface area contributed by atoms with Gasteiger partial charge in [-0.1, -0.05) is 30.3 Å². The number of carbonyl (C=O) groups is 3. The summed E-state index contributed by atoms with van der Waals surface area (Å²) >= 11 is 0. The molecule has 0 radical (unpaired) electrons. The number of benzene rings is 1. The molecule has 1 fully saturated rings. The van der Waals surface area contributed by atoms with E-state index in [0.29, 0.717) is 5.56 Å². The highest BCUT2D eigenvalue weighted by atomic mass is 16.6. The van der Waals surface area contributed by atoms with Crippen molar-refractivity contribution < 1.29 is 29.0 Å². The van der Waals surface area contributed by atoms with Crippen molar-refractivity contribution in [3.05, 3.63) is 35.9 Å². The van der Waals surface area contributed by atoms with Crippen molar-refractivity contribution in [1.29, 1.82) is 0 Å². The summed E-state index contributed by atoms with van der Waals surface area (Å²) < 4.78 is 10.6. The van der Waals surface area contributed by atoms with Crippen LogP contribution in [0.5, 0.6) is 0 Å². The molecule has 7 heteroatoms. The highest BCUT2D eigenvalue weighted by molar-refractivity contribution is 6.11. The average Bonchev–Trinajstić information content (AvgIpc) is 2.86. The lowest BCUT2D eigenvalue weighted by molar-refractivity contribution is -0.159. The molecule has 2 N–H and O–H groups in total. The molecule has 1 aliphatic rings. The Morgan fingerprint density at radius 3 is 2.37 bits per heavy atom. The number of hydrogen-bond donors (Lipinski definition) is 2. The summed E-state index contributed by atoms with van der Waals surface area (Å²) in [7, 11) is 0. The number of rotatable bonds is 6. The van der Waals surface area contributed by atoms with Gasteiger partial charge in [0.05, 0.1) is 25.7 Å². The van der Waals surface area contributed by atoms with E-state index in [0.717, 1.165) is 0 Å². The van der Waals surface area contributed by atoms with Crippen molar-refractivity contribution in [2.24, 2.45) is 5.92 Å². The number of nitrogens with one attached hydrogen (secondary N) is 1. The van der Waals surface area contributed by atoms with Crippen molar-refractivity contribution in [3.63, 3.8) is 0 Å². The molecule has 1 aromatic carbocycles. The number of hydrogen-bond acceptors (Lipinski definition) is 6. The zero-order chi connectivity index (χ0) is 20.2. The number of amides is 1. The smallest absolute Gasteiger partial charge is 0.326 e. The molecular formula is C20H27NO6. The maximum Gasteiger partial charge on any atom is 0.326 e. The molecule has 1 aliphatic heterocycles. The Balaban J connectivity index is 2.54. The number of esters is 2. The van der Waals surface area contributed by atoms with Gasteiger partial charge in [-0.05, 0) is 33.3 Å². The van der Waals surface area contributed by atoms with Crippen LogP contribution in [0, 0.1) is 5.92 Å².